The van der Waals surface area contributed by atoms with E-state index >= 15 is 0 Å². The molecule has 1 aliphatic heterocycles. The van der Waals surface area contributed by atoms with E-state index in [1.807, 2.05) is 30.3 Å². The highest BCUT2D eigenvalue weighted by atomic mass is 16.3. The highest BCUT2D eigenvalue weighted by molar-refractivity contribution is 5.75. The number of carbonyl (C=O) groups is 1. The Hall–Kier alpha value is -3.09. The second-order valence-corrected chi connectivity index (χ2v) is 5.71. The fraction of sp³-hybridized carbons (Fsp3) is 0.235. The van der Waals surface area contributed by atoms with Crippen molar-refractivity contribution >= 4 is 6.03 Å². The summed E-state index contributed by atoms with van der Waals surface area (Å²) in [4.78, 5) is 18.2. The molecule has 0 atom stereocenters. The van der Waals surface area contributed by atoms with Crippen molar-refractivity contribution in [3.63, 3.8) is 0 Å². The minimum Gasteiger partial charge on any atom is -0.451 e. The van der Waals surface area contributed by atoms with Crippen molar-refractivity contribution in [3.8, 4) is 11.3 Å². The number of oxazole rings is 1. The minimum atomic E-state index is -0.108. The summed E-state index contributed by atoms with van der Waals surface area (Å²) in [6.45, 7) is 1.56. The quantitative estimate of drug-likeness (QED) is 0.774. The molecule has 2 aromatic heterocycles. The summed E-state index contributed by atoms with van der Waals surface area (Å²) in [5, 5.41) is 10.4. The molecule has 24 heavy (non-hydrogen) atoms. The lowest BCUT2D eigenvalue weighted by Gasteiger charge is -2.27. The molecule has 0 fully saturated rings. The van der Waals surface area contributed by atoms with Gasteiger partial charge in [0, 0.05) is 29.8 Å². The first-order valence-corrected chi connectivity index (χ1v) is 7.82. The zero-order chi connectivity index (χ0) is 16.4. The van der Waals surface area contributed by atoms with Gasteiger partial charge in [-0.25, -0.2) is 9.78 Å². The third-order valence-corrected chi connectivity index (χ3v) is 4.17. The molecule has 1 aliphatic rings. The number of H-pyrrole nitrogens is 1. The molecule has 7 heteroatoms. The number of urea groups is 1. The highest BCUT2D eigenvalue weighted by Crippen LogP contribution is 2.28. The molecular formula is C17H17N5O2. The Morgan fingerprint density at radius 1 is 1.33 bits per heavy atom. The number of benzene rings is 1. The van der Waals surface area contributed by atoms with Crippen molar-refractivity contribution in [1.82, 2.24) is 25.4 Å². The van der Waals surface area contributed by atoms with Crippen LogP contribution in [0, 0.1) is 0 Å². The maximum atomic E-state index is 12.4. The average Bonchev–Trinajstić information content (AvgIpc) is 3.29. The largest absolute Gasteiger partial charge is 0.451 e. The first-order chi connectivity index (χ1) is 11.8. The SMILES string of the molecule is O=C(NCc1cocn1)N1CCc2[nH]nc(-c3ccccc3)c2C1. The van der Waals surface area contributed by atoms with E-state index < -0.39 is 0 Å². The van der Waals surface area contributed by atoms with Gasteiger partial charge in [0.15, 0.2) is 6.39 Å². The van der Waals surface area contributed by atoms with E-state index in [2.05, 4.69) is 20.5 Å². The van der Waals surface area contributed by atoms with Crippen LogP contribution < -0.4 is 5.32 Å². The molecule has 122 valence electrons. The average molecular weight is 323 g/mol. The van der Waals surface area contributed by atoms with Gasteiger partial charge in [-0.3, -0.25) is 5.10 Å². The lowest BCUT2D eigenvalue weighted by atomic mass is 10.0. The van der Waals surface area contributed by atoms with E-state index in [4.69, 9.17) is 4.42 Å². The smallest absolute Gasteiger partial charge is 0.318 e. The summed E-state index contributed by atoms with van der Waals surface area (Å²) < 4.78 is 4.90. The highest BCUT2D eigenvalue weighted by Gasteiger charge is 2.25. The first-order valence-electron chi connectivity index (χ1n) is 7.82. The lowest BCUT2D eigenvalue weighted by Crippen LogP contribution is -2.42. The Balaban J connectivity index is 1.49. The standard InChI is InChI=1S/C17H17N5O2/c23-17(18-8-13-10-24-11-19-13)22-7-6-15-14(9-22)16(21-20-15)12-4-2-1-3-5-12/h1-5,10-11H,6-9H2,(H,18,23)(H,20,21). The van der Waals surface area contributed by atoms with E-state index in [9.17, 15) is 4.79 Å². The molecule has 1 aromatic carbocycles. The van der Waals surface area contributed by atoms with Crippen LogP contribution >= 0.6 is 0 Å². The fourth-order valence-corrected chi connectivity index (χ4v) is 2.91. The molecule has 3 heterocycles. The van der Waals surface area contributed by atoms with E-state index in [-0.39, 0.29) is 6.03 Å². The molecule has 0 radical (unpaired) electrons. The zero-order valence-corrected chi connectivity index (χ0v) is 13.0. The van der Waals surface area contributed by atoms with Gasteiger partial charge in [0.2, 0.25) is 0 Å². The van der Waals surface area contributed by atoms with Crippen LogP contribution in [0.15, 0.2) is 47.4 Å². The molecule has 0 bridgehead atoms. The van der Waals surface area contributed by atoms with Crippen LogP contribution in [0.25, 0.3) is 11.3 Å². The molecule has 2 N–H and O–H groups in total. The molecule has 0 aliphatic carbocycles. The second-order valence-electron chi connectivity index (χ2n) is 5.71. The van der Waals surface area contributed by atoms with Crippen molar-refractivity contribution in [2.24, 2.45) is 0 Å². The zero-order valence-electron chi connectivity index (χ0n) is 13.0. The number of fused-ring (bicyclic) bond motifs is 1. The van der Waals surface area contributed by atoms with Gasteiger partial charge in [0.1, 0.15) is 6.26 Å². The van der Waals surface area contributed by atoms with Crippen molar-refractivity contribution < 1.29 is 9.21 Å². The third kappa shape index (κ3) is 2.76. The lowest BCUT2D eigenvalue weighted by molar-refractivity contribution is 0.191. The molecule has 7 nitrogen and oxygen atoms in total. The molecule has 0 saturated carbocycles. The number of aromatic nitrogens is 3. The van der Waals surface area contributed by atoms with Gasteiger partial charge in [-0.2, -0.15) is 5.10 Å². The number of carbonyl (C=O) groups excluding carboxylic acids is 1. The van der Waals surface area contributed by atoms with E-state index in [0.29, 0.717) is 25.3 Å². The van der Waals surface area contributed by atoms with Gasteiger partial charge in [-0.05, 0) is 0 Å². The van der Waals surface area contributed by atoms with Gasteiger partial charge < -0.3 is 14.6 Å². The molecule has 0 saturated heterocycles. The third-order valence-electron chi connectivity index (χ3n) is 4.17. The molecular weight excluding hydrogens is 306 g/mol. The summed E-state index contributed by atoms with van der Waals surface area (Å²) in [5.41, 5.74) is 4.87. The number of nitrogens with zero attached hydrogens (tertiary/aromatic N) is 3. The van der Waals surface area contributed by atoms with Crippen LogP contribution in [0.1, 0.15) is 17.0 Å². The Bertz CT molecular complexity index is 826. The van der Waals surface area contributed by atoms with Gasteiger partial charge in [-0.1, -0.05) is 30.3 Å². The molecule has 3 aromatic rings. The van der Waals surface area contributed by atoms with Crippen molar-refractivity contribution in [3.05, 3.63) is 59.9 Å². The number of aromatic amines is 1. The Morgan fingerprint density at radius 2 is 2.21 bits per heavy atom. The summed E-state index contributed by atoms with van der Waals surface area (Å²) >= 11 is 0. The number of rotatable bonds is 3. The topological polar surface area (TPSA) is 87.0 Å². The molecule has 2 amide bonds. The second kappa shape index (κ2) is 6.19. The van der Waals surface area contributed by atoms with Gasteiger partial charge >= 0.3 is 6.03 Å². The number of hydrogen-bond acceptors (Lipinski definition) is 4. The predicted molar refractivity (Wildman–Crippen MR) is 86.9 cm³/mol. The van der Waals surface area contributed by atoms with Crippen LogP contribution in [0.2, 0.25) is 0 Å². The van der Waals surface area contributed by atoms with Crippen molar-refractivity contribution in [1.29, 1.82) is 0 Å². The maximum absolute atomic E-state index is 12.4. The first kappa shape index (κ1) is 14.5. The Labute approximate surface area is 138 Å². The Kier molecular flexibility index (Phi) is 3.74. The van der Waals surface area contributed by atoms with Crippen molar-refractivity contribution in [2.45, 2.75) is 19.5 Å². The van der Waals surface area contributed by atoms with E-state index in [0.717, 1.165) is 28.9 Å². The molecule has 4 rings (SSSR count). The van der Waals surface area contributed by atoms with E-state index in [1.54, 1.807) is 4.90 Å². The molecule has 0 unspecified atom stereocenters. The van der Waals surface area contributed by atoms with Gasteiger partial charge in [0.05, 0.1) is 24.5 Å². The minimum absolute atomic E-state index is 0.108. The van der Waals surface area contributed by atoms with Gasteiger partial charge in [0.25, 0.3) is 0 Å². The van der Waals surface area contributed by atoms with Crippen LogP contribution in [0.4, 0.5) is 4.79 Å². The maximum Gasteiger partial charge on any atom is 0.318 e. The van der Waals surface area contributed by atoms with Crippen LogP contribution in [0.3, 0.4) is 0 Å². The van der Waals surface area contributed by atoms with Gasteiger partial charge in [-0.15, -0.1) is 0 Å². The fourth-order valence-electron chi connectivity index (χ4n) is 2.91. The summed E-state index contributed by atoms with van der Waals surface area (Å²) in [6.07, 6.45) is 3.65. The monoisotopic (exact) mass is 323 g/mol. The van der Waals surface area contributed by atoms with Crippen LogP contribution in [-0.2, 0) is 19.5 Å². The molecule has 0 spiro atoms. The number of hydrogen-bond donors (Lipinski definition) is 2. The summed E-state index contributed by atoms with van der Waals surface area (Å²) in [6, 6.07) is 9.90. The Morgan fingerprint density at radius 3 is 3.00 bits per heavy atom. The predicted octanol–water partition coefficient (Wildman–Crippen LogP) is 2.33. The summed E-state index contributed by atoms with van der Waals surface area (Å²) in [7, 11) is 0. The van der Waals surface area contributed by atoms with Crippen molar-refractivity contribution in [2.75, 3.05) is 6.54 Å². The normalized spacial score (nSPS) is 13.6. The van der Waals surface area contributed by atoms with Crippen LogP contribution in [0.5, 0.6) is 0 Å². The van der Waals surface area contributed by atoms with E-state index in [1.165, 1.54) is 12.7 Å². The van der Waals surface area contributed by atoms with Crippen LogP contribution in [-0.4, -0.2) is 32.7 Å². The number of nitrogens with one attached hydrogen (secondary N) is 2. The summed E-state index contributed by atoms with van der Waals surface area (Å²) in [5.74, 6) is 0. The number of amides is 2.